The van der Waals surface area contributed by atoms with Crippen molar-refractivity contribution in [2.24, 2.45) is 5.92 Å². The summed E-state index contributed by atoms with van der Waals surface area (Å²) in [5.74, 6) is 0.197. The van der Waals surface area contributed by atoms with Crippen LogP contribution in [0.1, 0.15) is 53.8 Å². The van der Waals surface area contributed by atoms with Crippen LogP contribution in [0.3, 0.4) is 0 Å². The van der Waals surface area contributed by atoms with Gasteiger partial charge in [0.1, 0.15) is 5.69 Å². The van der Waals surface area contributed by atoms with Gasteiger partial charge in [0.2, 0.25) is 15.9 Å². The van der Waals surface area contributed by atoms with E-state index in [1.807, 2.05) is 55.5 Å². The van der Waals surface area contributed by atoms with Crippen LogP contribution in [0, 0.1) is 19.8 Å². The van der Waals surface area contributed by atoms with E-state index < -0.39 is 10.0 Å². The Balaban J connectivity index is 1.37. The molecule has 1 N–H and O–H groups in total. The van der Waals surface area contributed by atoms with Crippen LogP contribution in [0.15, 0.2) is 64.0 Å². The highest BCUT2D eigenvalue weighted by Gasteiger charge is 2.35. The van der Waals surface area contributed by atoms with Crippen molar-refractivity contribution in [3.05, 3.63) is 82.7 Å². The van der Waals surface area contributed by atoms with Gasteiger partial charge in [-0.3, -0.25) is 4.79 Å². The number of piperidine rings is 1. The van der Waals surface area contributed by atoms with Crippen molar-refractivity contribution < 1.29 is 17.7 Å². The first kappa shape index (κ1) is 25.9. The molecule has 1 amide bonds. The van der Waals surface area contributed by atoms with Gasteiger partial charge in [0, 0.05) is 25.6 Å². The topological polar surface area (TPSA) is 92.5 Å². The van der Waals surface area contributed by atoms with Gasteiger partial charge in [-0.15, -0.1) is 0 Å². The van der Waals surface area contributed by atoms with E-state index in [2.05, 4.69) is 29.5 Å². The fraction of sp³-hybridized carbons (Fsp3) is 0.357. The second-order valence-corrected chi connectivity index (χ2v) is 11.3. The number of nitrogens with zero attached hydrogens (tertiary/aromatic N) is 2. The molecule has 0 spiro atoms. The van der Waals surface area contributed by atoms with E-state index >= 15 is 0 Å². The van der Waals surface area contributed by atoms with E-state index in [1.54, 1.807) is 13.0 Å². The van der Waals surface area contributed by atoms with E-state index in [9.17, 15) is 13.2 Å². The number of aromatic nitrogens is 1. The number of sulfonamides is 1. The molecule has 2 aromatic carbocycles. The highest BCUT2D eigenvalue weighted by atomic mass is 32.2. The molecule has 1 aromatic heterocycles. The van der Waals surface area contributed by atoms with Gasteiger partial charge in [-0.2, -0.15) is 4.31 Å². The standard InChI is InChI=1S/C28H33N3O4S/c1-20-9-11-23(12-10-20)13-14-26-27(22(3)30-35-26)36(33,34)31-17-15-25(16-18-31)28(32)29-19-21(2)24-7-5-4-6-8-24/h4-14,21,25H,15-19H2,1-3H3,(H,29,32)/b14-13+/t21-/m1/s1. The van der Waals surface area contributed by atoms with Gasteiger partial charge in [-0.1, -0.05) is 78.3 Å². The summed E-state index contributed by atoms with van der Waals surface area (Å²) in [6.45, 7) is 6.83. The number of aryl methyl sites for hydroxylation is 2. The highest BCUT2D eigenvalue weighted by Crippen LogP contribution is 2.29. The molecular formula is C28H33N3O4S. The molecule has 1 aliphatic rings. The van der Waals surface area contributed by atoms with Crippen LogP contribution in [-0.2, 0) is 14.8 Å². The highest BCUT2D eigenvalue weighted by molar-refractivity contribution is 7.89. The predicted molar refractivity (Wildman–Crippen MR) is 141 cm³/mol. The van der Waals surface area contributed by atoms with E-state index in [0.717, 1.165) is 11.1 Å². The molecule has 0 unspecified atom stereocenters. The predicted octanol–water partition coefficient (Wildman–Crippen LogP) is 4.78. The SMILES string of the molecule is Cc1ccc(/C=C/c2onc(C)c2S(=O)(=O)N2CCC(C(=O)NC[C@@H](C)c3ccccc3)CC2)cc1. The smallest absolute Gasteiger partial charge is 0.248 e. The van der Waals surface area contributed by atoms with Crippen molar-refractivity contribution in [1.29, 1.82) is 0 Å². The first-order valence-electron chi connectivity index (χ1n) is 12.3. The third-order valence-corrected chi connectivity index (χ3v) is 8.77. The third-order valence-electron chi connectivity index (χ3n) is 6.71. The molecule has 3 aromatic rings. The maximum atomic E-state index is 13.5. The molecule has 0 aliphatic carbocycles. The normalized spacial score (nSPS) is 16.3. The van der Waals surface area contributed by atoms with Crippen LogP contribution in [-0.4, -0.2) is 43.4 Å². The summed E-state index contributed by atoms with van der Waals surface area (Å²) in [6.07, 6.45) is 4.41. The molecule has 36 heavy (non-hydrogen) atoms. The van der Waals surface area contributed by atoms with Crippen molar-refractivity contribution in [1.82, 2.24) is 14.8 Å². The van der Waals surface area contributed by atoms with E-state index in [-0.39, 0.29) is 41.5 Å². The first-order valence-corrected chi connectivity index (χ1v) is 13.7. The summed E-state index contributed by atoms with van der Waals surface area (Å²) in [5, 5.41) is 6.96. The van der Waals surface area contributed by atoms with Crippen molar-refractivity contribution in [3.8, 4) is 0 Å². The largest absolute Gasteiger partial charge is 0.355 e. The maximum Gasteiger partial charge on any atom is 0.248 e. The Labute approximate surface area is 213 Å². The van der Waals surface area contributed by atoms with Gasteiger partial charge in [0.25, 0.3) is 0 Å². The number of hydrogen-bond donors (Lipinski definition) is 1. The second kappa shape index (κ2) is 11.2. The van der Waals surface area contributed by atoms with E-state index in [1.165, 1.54) is 9.87 Å². The van der Waals surface area contributed by atoms with Gasteiger partial charge in [0.15, 0.2) is 10.7 Å². The maximum absolute atomic E-state index is 13.5. The molecule has 2 heterocycles. The Kier molecular flexibility index (Phi) is 8.06. The third kappa shape index (κ3) is 5.94. The lowest BCUT2D eigenvalue weighted by Crippen LogP contribution is -2.43. The summed E-state index contributed by atoms with van der Waals surface area (Å²) in [6, 6.07) is 18.0. The molecule has 1 fully saturated rings. The van der Waals surface area contributed by atoms with Gasteiger partial charge < -0.3 is 9.84 Å². The average molecular weight is 508 g/mol. The summed E-state index contributed by atoms with van der Waals surface area (Å²) in [7, 11) is -3.81. The minimum atomic E-state index is -3.81. The Morgan fingerprint density at radius 2 is 1.75 bits per heavy atom. The molecule has 1 atom stereocenters. The molecule has 4 rings (SSSR count). The number of rotatable bonds is 8. The van der Waals surface area contributed by atoms with E-state index in [0.29, 0.717) is 25.1 Å². The monoisotopic (exact) mass is 507 g/mol. The van der Waals surface area contributed by atoms with Gasteiger partial charge >= 0.3 is 0 Å². The summed E-state index contributed by atoms with van der Waals surface area (Å²) >= 11 is 0. The minimum Gasteiger partial charge on any atom is -0.355 e. The fourth-order valence-electron chi connectivity index (χ4n) is 4.43. The number of amides is 1. The zero-order valence-corrected chi connectivity index (χ0v) is 21.8. The molecule has 190 valence electrons. The Morgan fingerprint density at radius 1 is 1.08 bits per heavy atom. The van der Waals surface area contributed by atoms with Crippen molar-refractivity contribution in [2.75, 3.05) is 19.6 Å². The van der Waals surface area contributed by atoms with Crippen LogP contribution < -0.4 is 5.32 Å². The van der Waals surface area contributed by atoms with Crippen molar-refractivity contribution >= 4 is 28.1 Å². The molecular weight excluding hydrogens is 474 g/mol. The number of carbonyl (C=O) groups excluding carboxylic acids is 1. The molecule has 7 nitrogen and oxygen atoms in total. The molecule has 8 heteroatoms. The summed E-state index contributed by atoms with van der Waals surface area (Å²) in [4.78, 5) is 12.8. The van der Waals surface area contributed by atoms with Crippen LogP contribution in [0.2, 0.25) is 0 Å². The second-order valence-electron chi connectivity index (χ2n) is 9.44. The van der Waals surface area contributed by atoms with Crippen molar-refractivity contribution in [3.63, 3.8) is 0 Å². The van der Waals surface area contributed by atoms with Crippen LogP contribution in [0.4, 0.5) is 0 Å². The number of hydrogen-bond acceptors (Lipinski definition) is 5. The number of benzene rings is 2. The van der Waals surface area contributed by atoms with Gasteiger partial charge in [-0.05, 0) is 49.8 Å². The fourth-order valence-corrected chi connectivity index (χ4v) is 6.15. The lowest BCUT2D eigenvalue weighted by atomic mass is 9.96. The van der Waals surface area contributed by atoms with Gasteiger partial charge in [-0.25, -0.2) is 8.42 Å². The summed E-state index contributed by atoms with van der Waals surface area (Å²) < 4.78 is 33.8. The lowest BCUT2D eigenvalue weighted by Gasteiger charge is -2.30. The first-order chi connectivity index (χ1) is 17.3. The molecule has 1 aliphatic heterocycles. The zero-order chi connectivity index (χ0) is 25.7. The van der Waals surface area contributed by atoms with E-state index in [4.69, 9.17) is 4.52 Å². The average Bonchev–Trinajstić information content (AvgIpc) is 3.28. The quantitative estimate of drug-likeness (QED) is 0.474. The molecule has 0 radical (unpaired) electrons. The Hall–Kier alpha value is -3.23. The molecule has 0 bridgehead atoms. The minimum absolute atomic E-state index is 0.0160. The van der Waals surface area contributed by atoms with Crippen LogP contribution in [0.5, 0.6) is 0 Å². The van der Waals surface area contributed by atoms with Crippen molar-refractivity contribution in [2.45, 2.75) is 44.4 Å². The lowest BCUT2D eigenvalue weighted by molar-refractivity contribution is -0.126. The Bertz CT molecular complexity index is 1310. The number of carbonyl (C=O) groups is 1. The van der Waals surface area contributed by atoms with Crippen LogP contribution >= 0.6 is 0 Å². The summed E-state index contributed by atoms with van der Waals surface area (Å²) in [5.41, 5.74) is 3.59. The zero-order valence-electron chi connectivity index (χ0n) is 21.0. The molecule has 1 saturated heterocycles. The molecule has 0 saturated carbocycles. The number of nitrogens with one attached hydrogen (secondary N) is 1. The van der Waals surface area contributed by atoms with Gasteiger partial charge in [0.05, 0.1) is 0 Å². The Morgan fingerprint density at radius 3 is 2.42 bits per heavy atom. The van der Waals surface area contributed by atoms with Crippen LogP contribution in [0.25, 0.3) is 12.2 Å².